The van der Waals surface area contributed by atoms with Crippen molar-refractivity contribution in [3.63, 3.8) is 0 Å². The van der Waals surface area contributed by atoms with Gasteiger partial charge in [0.05, 0.1) is 0 Å². The summed E-state index contributed by atoms with van der Waals surface area (Å²) in [4.78, 5) is 0. The van der Waals surface area contributed by atoms with Gasteiger partial charge in [-0.25, -0.2) is 0 Å². The van der Waals surface area contributed by atoms with Crippen molar-refractivity contribution in [2.45, 2.75) is 52.4 Å². The van der Waals surface area contributed by atoms with Crippen molar-refractivity contribution in [3.05, 3.63) is 29.8 Å². The molecule has 1 aliphatic rings. The van der Waals surface area contributed by atoms with E-state index >= 15 is 0 Å². The van der Waals surface area contributed by atoms with Crippen LogP contribution in [-0.4, -0.2) is 5.11 Å². The SMILES string of the molecule is CC(Cc1ccccc1O)C(C)C1CCCCC1. The maximum Gasteiger partial charge on any atom is 0.118 e. The third-order valence-corrected chi connectivity index (χ3v) is 4.82. The second kappa shape index (κ2) is 6.26. The third kappa shape index (κ3) is 3.28. The molecule has 0 saturated heterocycles. The van der Waals surface area contributed by atoms with Gasteiger partial charge in [0.2, 0.25) is 0 Å². The molecule has 0 amide bonds. The molecule has 1 nitrogen and oxygen atoms in total. The Morgan fingerprint density at radius 2 is 1.78 bits per heavy atom. The molecule has 1 aliphatic carbocycles. The summed E-state index contributed by atoms with van der Waals surface area (Å²) in [5.74, 6) is 2.78. The van der Waals surface area contributed by atoms with E-state index in [1.165, 1.54) is 32.1 Å². The first-order valence-corrected chi connectivity index (χ1v) is 7.45. The highest BCUT2D eigenvalue weighted by Gasteiger charge is 2.24. The number of hydrogen-bond acceptors (Lipinski definition) is 1. The zero-order valence-corrected chi connectivity index (χ0v) is 11.7. The third-order valence-electron chi connectivity index (χ3n) is 4.82. The Labute approximate surface area is 111 Å². The van der Waals surface area contributed by atoms with Gasteiger partial charge in [0.25, 0.3) is 0 Å². The van der Waals surface area contributed by atoms with E-state index in [4.69, 9.17) is 0 Å². The Bertz CT molecular complexity index is 366. The summed E-state index contributed by atoms with van der Waals surface area (Å²) in [7, 11) is 0. The van der Waals surface area contributed by atoms with Gasteiger partial charge in [-0.05, 0) is 35.8 Å². The average Bonchev–Trinajstić information content (AvgIpc) is 2.41. The molecule has 0 aliphatic heterocycles. The molecule has 18 heavy (non-hydrogen) atoms. The largest absolute Gasteiger partial charge is 0.508 e. The van der Waals surface area contributed by atoms with Crippen LogP contribution in [0, 0.1) is 17.8 Å². The Kier molecular flexibility index (Phi) is 4.68. The molecular formula is C17H26O. The molecule has 1 heteroatoms. The van der Waals surface area contributed by atoms with Crippen molar-refractivity contribution < 1.29 is 5.11 Å². The number of phenols is 1. The Balaban J connectivity index is 1.94. The van der Waals surface area contributed by atoms with E-state index in [0.29, 0.717) is 11.7 Å². The van der Waals surface area contributed by atoms with E-state index in [1.54, 1.807) is 6.07 Å². The number of hydrogen-bond donors (Lipinski definition) is 1. The summed E-state index contributed by atoms with van der Waals surface area (Å²) in [6.07, 6.45) is 8.08. The molecule has 0 spiro atoms. The lowest BCUT2D eigenvalue weighted by molar-refractivity contribution is 0.202. The van der Waals surface area contributed by atoms with Crippen LogP contribution < -0.4 is 0 Å². The fraction of sp³-hybridized carbons (Fsp3) is 0.647. The minimum Gasteiger partial charge on any atom is -0.508 e. The highest BCUT2D eigenvalue weighted by atomic mass is 16.3. The summed E-state index contributed by atoms with van der Waals surface area (Å²) in [5, 5.41) is 9.85. The van der Waals surface area contributed by atoms with Crippen LogP contribution in [0.3, 0.4) is 0 Å². The monoisotopic (exact) mass is 246 g/mol. The Morgan fingerprint density at radius 1 is 1.11 bits per heavy atom. The van der Waals surface area contributed by atoms with Crippen LogP contribution in [0.5, 0.6) is 5.75 Å². The number of aromatic hydroxyl groups is 1. The molecule has 2 unspecified atom stereocenters. The first kappa shape index (κ1) is 13.5. The van der Waals surface area contributed by atoms with Gasteiger partial charge in [-0.2, -0.15) is 0 Å². The highest BCUT2D eigenvalue weighted by Crippen LogP contribution is 2.35. The van der Waals surface area contributed by atoms with E-state index in [-0.39, 0.29) is 0 Å². The second-order valence-electron chi connectivity index (χ2n) is 6.07. The van der Waals surface area contributed by atoms with Crippen molar-refractivity contribution in [1.29, 1.82) is 0 Å². The maximum atomic E-state index is 9.85. The van der Waals surface area contributed by atoms with Gasteiger partial charge in [-0.15, -0.1) is 0 Å². The fourth-order valence-electron chi connectivity index (χ4n) is 3.34. The number of benzene rings is 1. The van der Waals surface area contributed by atoms with Gasteiger partial charge in [0.1, 0.15) is 5.75 Å². The van der Waals surface area contributed by atoms with E-state index < -0.39 is 0 Å². The predicted octanol–water partition coefficient (Wildman–Crippen LogP) is 4.79. The van der Waals surface area contributed by atoms with Crippen LogP contribution in [0.1, 0.15) is 51.5 Å². The number of para-hydroxylation sites is 1. The van der Waals surface area contributed by atoms with Crippen LogP contribution in [0.25, 0.3) is 0 Å². The van der Waals surface area contributed by atoms with Crippen molar-refractivity contribution in [1.82, 2.24) is 0 Å². The van der Waals surface area contributed by atoms with Gasteiger partial charge in [0, 0.05) is 0 Å². The smallest absolute Gasteiger partial charge is 0.118 e. The molecule has 0 heterocycles. The average molecular weight is 246 g/mol. The predicted molar refractivity (Wildman–Crippen MR) is 76.7 cm³/mol. The van der Waals surface area contributed by atoms with Crippen LogP contribution in [0.15, 0.2) is 24.3 Å². The minimum absolute atomic E-state index is 0.459. The normalized spacial score (nSPS) is 20.6. The van der Waals surface area contributed by atoms with Crippen molar-refractivity contribution in [3.8, 4) is 5.75 Å². The Morgan fingerprint density at radius 3 is 2.44 bits per heavy atom. The van der Waals surface area contributed by atoms with Crippen LogP contribution in [0.4, 0.5) is 0 Å². The molecule has 1 saturated carbocycles. The van der Waals surface area contributed by atoms with Gasteiger partial charge < -0.3 is 5.11 Å². The lowest BCUT2D eigenvalue weighted by Crippen LogP contribution is -2.22. The lowest BCUT2D eigenvalue weighted by Gasteiger charge is -2.32. The lowest BCUT2D eigenvalue weighted by atomic mass is 9.74. The zero-order valence-electron chi connectivity index (χ0n) is 11.7. The van der Waals surface area contributed by atoms with Crippen molar-refractivity contribution >= 4 is 0 Å². The summed E-state index contributed by atoms with van der Waals surface area (Å²) >= 11 is 0. The minimum atomic E-state index is 0.459. The highest BCUT2D eigenvalue weighted by molar-refractivity contribution is 5.32. The van der Waals surface area contributed by atoms with Gasteiger partial charge in [0.15, 0.2) is 0 Å². The van der Waals surface area contributed by atoms with E-state index in [0.717, 1.165) is 23.8 Å². The summed E-state index contributed by atoms with van der Waals surface area (Å²) in [6.45, 7) is 4.74. The fourth-order valence-corrected chi connectivity index (χ4v) is 3.34. The first-order valence-electron chi connectivity index (χ1n) is 7.45. The molecular weight excluding hydrogens is 220 g/mol. The van der Waals surface area contributed by atoms with Gasteiger partial charge in [-0.1, -0.05) is 64.2 Å². The van der Waals surface area contributed by atoms with E-state index in [9.17, 15) is 5.11 Å². The quantitative estimate of drug-likeness (QED) is 0.810. The molecule has 1 fully saturated rings. The van der Waals surface area contributed by atoms with Crippen LogP contribution >= 0.6 is 0 Å². The molecule has 1 aromatic rings. The molecule has 1 aromatic carbocycles. The first-order chi connectivity index (χ1) is 8.68. The van der Waals surface area contributed by atoms with E-state index in [2.05, 4.69) is 19.9 Å². The molecule has 0 radical (unpaired) electrons. The number of phenolic OH excluding ortho intramolecular Hbond substituents is 1. The van der Waals surface area contributed by atoms with Crippen molar-refractivity contribution in [2.75, 3.05) is 0 Å². The molecule has 100 valence electrons. The maximum absolute atomic E-state index is 9.85. The summed E-state index contributed by atoms with van der Waals surface area (Å²) in [5.41, 5.74) is 1.10. The molecule has 1 N–H and O–H groups in total. The number of rotatable bonds is 4. The van der Waals surface area contributed by atoms with Crippen molar-refractivity contribution in [2.24, 2.45) is 17.8 Å². The zero-order chi connectivity index (χ0) is 13.0. The topological polar surface area (TPSA) is 20.2 Å². The molecule has 0 aromatic heterocycles. The van der Waals surface area contributed by atoms with Crippen LogP contribution in [-0.2, 0) is 6.42 Å². The van der Waals surface area contributed by atoms with Gasteiger partial charge >= 0.3 is 0 Å². The summed E-state index contributed by atoms with van der Waals surface area (Å²) in [6, 6.07) is 7.77. The molecule has 2 atom stereocenters. The van der Waals surface area contributed by atoms with Gasteiger partial charge in [-0.3, -0.25) is 0 Å². The van der Waals surface area contributed by atoms with E-state index in [1.807, 2.05) is 12.1 Å². The molecule has 0 bridgehead atoms. The Hall–Kier alpha value is -0.980. The summed E-state index contributed by atoms with van der Waals surface area (Å²) < 4.78 is 0. The molecule has 2 rings (SSSR count). The standard InChI is InChI=1S/C17H26O/c1-13(12-16-10-6-7-11-17(16)18)14(2)15-8-4-3-5-9-15/h6-7,10-11,13-15,18H,3-5,8-9,12H2,1-2H3. The second-order valence-corrected chi connectivity index (χ2v) is 6.07. The van der Waals surface area contributed by atoms with Crippen LogP contribution in [0.2, 0.25) is 0 Å².